The van der Waals surface area contributed by atoms with Crippen LogP contribution < -0.4 is 15.5 Å². The molecule has 0 atom stereocenters. The number of nitrogens with zero attached hydrogens (tertiary/aromatic N) is 6. The minimum Gasteiger partial charge on any atom is -0.379 e. The van der Waals surface area contributed by atoms with E-state index in [1.165, 1.54) is 24.0 Å². The molecule has 12 nitrogen and oxygen atoms in total. The predicted octanol–water partition coefficient (Wildman–Crippen LogP) is 5.29. The molecule has 0 radical (unpaired) electrons. The van der Waals surface area contributed by atoms with E-state index in [0.29, 0.717) is 35.5 Å². The standard InChI is InChI=1S/C38H37N9O3/c48-36(39-15-6-16-46-17-19-50-20-18-46)13-14-37(49)44-35-23-31-33(25-40-35)41-26-42-38(31)47(30-11-12-32-29(22-30)24-43-45-32)34-10-5-4-9-28(34)21-27-7-2-1-3-8-27/h1-5,7-14,22-26H,6,15-21H2,(H,39,48)(H,43,45)(H,40,44,49). The molecule has 2 amide bonds. The van der Waals surface area contributed by atoms with Crippen LogP contribution in [0.1, 0.15) is 17.5 Å². The van der Waals surface area contributed by atoms with Crippen LogP contribution in [0.4, 0.5) is 23.0 Å². The van der Waals surface area contributed by atoms with Gasteiger partial charge in [0.05, 0.1) is 42.3 Å². The highest BCUT2D eigenvalue weighted by Crippen LogP contribution is 2.40. The maximum absolute atomic E-state index is 12.9. The summed E-state index contributed by atoms with van der Waals surface area (Å²) in [6, 6.07) is 26.4. The van der Waals surface area contributed by atoms with Crippen LogP contribution in [0.5, 0.6) is 0 Å². The number of ether oxygens (including phenoxy) is 1. The van der Waals surface area contributed by atoms with Crippen molar-refractivity contribution in [3.05, 3.63) is 121 Å². The molecule has 3 aromatic carbocycles. The predicted molar refractivity (Wildman–Crippen MR) is 194 cm³/mol. The Kier molecular flexibility index (Phi) is 10.1. The number of carbonyl (C=O) groups is 2. The topological polar surface area (TPSA) is 141 Å². The molecule has 3 aromatic heterocycles. The zero-order valence-electron chi connectivity index (χ0n) is 27.5. The Hall–Kier alpha value is -5.98. The van der Waals surface area contributed by atoms with Crippen LogP contribution in [-0.2, 0) is 20.7 Å². The summed E-state index contributed by atoms with van der Waals surface area (Å²) >= 11 is 0. The molecule has 12 heteroatoms. The van der Waals surface area contributed by atoms with Gasteiger partial charge in [0.2, 0.25) is 11.8 Å². The van der Waals surface area contributed by atoms with Gasteiger partial charge in [-0.15, -0.1) is 0 Å². The second kappa shape index (κ2) is 15.5. The fourth-order valence-electron chi connectivity index (χ4n) is 6.05. The summed E-state index contributed by atoms with van der Waals surface area (Å²) in [5.74, 6) is 0.109. The lowest BCUT2D eigenvalue weighted by molar-refractivity contribution is -0.117. The van der Waals surface area contributed by atoms with E-state index in [1.807, 2.05) is 42.5 Å². The summed E-state index contributed by atoms with van der Waals surface area (Å²) in [5, 5.41) is 14.5. The number of pyridine rings is 1. The van der Waals surface area contributed by atoms with Crippen LogP contribution in [0.25, 0.3) is 21.8 Å². The number of hydrogen-bond acceptors (Lipinski definition) is 9. The molecule has 50 heavy (non-hydrogen) atoms. The van der Waals surface area contributed by atoms with E-state index in [4.69, 9.17) is 9.72 Å². The maximum Gasteiger partial charge on any atom is 0.249 e. The summed E-state index contributed by atoms with van der Waals surface area (Å²) in [5.41, 5.74) is 5.63. The van der Waals surface area contributed by atoms with Crippen LogP contribution in [0.2, 0.25) is 0 Å². The van der Waals surface area contributed by atoms with Gasteiger partial charge in [-0.1, -0.05) is 48.5 Å². The van der Waals surface area contributed by atoms with Crippen molar-refractivity contribution in [2.45, 2.75) is 12.8 Å². The number of H-pyrrole nitrogens is 1. The molecule has 3 N–H and O–H groups in total. The highest BCUT2D eigenvalue weighted by Gasteiger charge is 2.21. The lowest BCUT2D eigenvalue weighted by atomic mass is 10.0. The first-order valence-electron chi connectivity index (χ1n) is 16.6. The fourth-order valence-corrected chi connectivity index (χ4v) is 6.05. The second-order valence-corrected chi connectivity index (χ2v) is 12.0. The van der Waals surface area contributed by atoms with Gasteiger partial charge in [-0.25, -0.2) is 15.0 Å². The molecule has 0 spiro atoms. The van der Waals surface area contributed by atoms with Crippen molar-refractivity contribution in [1.82, 2.24) is 35.4 Å². The Labute approximate surface area is 289 Å². The van der Waals surface area contributed by atoms with Crippen molar-refractivity contribution in [1.29, 1.82) is 0 Å². The van der Waals surface area contributed by atoms with Gasteiger partial charge in [-0.3, -0.25) is 24.5 Å². The van der Waals surface area contributed by atoms with E-state index in [-0.39, 0.29) is 5.91 Å². The van der Waals surface area contributed by atoms with Crippen molar-refractivity contribution in [3.63, 3.8) is 0 Å². The zero-order valence-corrected chi connectivity index (χ0v) is 27.5. The van der Waals surface area contributed by atoms with Gasteiger partial charge in [0.25, 0.3) is 0 Å². The number of rotatable bonds is 12. The van der Waals surface area contributed by atoms with Crippen molar-refractivity contribution in [2.75, 3.05) is 49.6 Å². The molecule has 0 aliphatic carbocycles. The molecule has 1 saturated heterocycles. The van der Waals surface area contributed by atoms with Crippen LogP contribution >= 0.6 is 0 Å². The fraction of sp³-hybridized carbons (Fsp3) is 0.211. The highest BCUT2D eigenvalue weighted by molar-refractivity contribution is 6.04. The Balaban J connectivity index is 1.14. The smallest absolute Gasteiger partial charge is 0.249 e. The SMILES string of the molecule is O=C(C=CC(=O)Nc1cc2c(N(c3ccc4[nH]ncc4c3)c3ccccc3Cc3ccccc3)ncnc2cn1)NCCCN1CCOCC1. The summed E-state index contributed by atoms with van der Waals surface area (Å²) in [6.45, 7) is 4.72. The summed E-state index contributed by atoms with van der Waals surface area (Å²) in [4.78, 5) is 43.4. The number of aromatic amines is 1. The summed E-state index contributed by atoms with van der Waals surface area (Å²) in [7, 11) is 0. The van der Waals surface area contributed by atoms with E-state index in [2.05, 4.69) is 70.9 Å². The first kappa shape index (κ1) is 32.6. The van der Waals surface area contributed by atoms with E-state index < -0.39 is 5.91 Å². The van der Waals surface area contributed by atoms with Gasteiger partial charge in [-0.05, 0) is 60.8 Å². The number of amides is 2. The Morgan fingerprint density at radius 1 is 0.900 bits per heavy atom. The molecule has 7 rings (SSSR count). The molecular formula is C38H37N9O3. The molecule has 1 aliphatic rings. The van der Waals surface area contributed by atoms with Gasteiger partial charge in [-0.2, -0.15) is 5.10 Å². The molecule has 4 heterocycles. The lowest BCUT2D eigenvalue weighted by Crippen LogP contribution is -2.38. The Morgan fingerprint density at radius 3 is 2.60 bits per heavy atom. The van der Waals surface area contributed by atoms with E-state index >= 15 is 0 Å². The Bertz CT molecular complexity index is 2130. The first-order valence-corrected chi connectivity index (χ1v) is 16.6. The zero-order chi connectivity index (χ0) is 34.1. The maximum atomic E-state index is 12.9. The van der Waals surface area contributed by atoms with Gasteiger partial charge in [0.15, 0.2) is 0 Å². The van der Waals surface area contributed by atoms with E-state index in [0.717, 1.165) is 67.1 Å². The Morgan fingerprint density at radius 2 is 1.72 bits per heavy atom. The number of benzene rings is 3. The van der Waals surface area contributed by atoms with Crippen LogP contribution in [0, 0.1) is 0 Å². The average molecular weight is 668 g/mol. The van der Waals surface area contributed by atoms with Crippen LogP contribution in [0.3, 0.4) is 0 Å². The number of morpholine rings is 1. The molecule has 6 aromatic rings. The van der Waals surface area contributed by atoms with Crippen LogP contribution in [-0.4, -0.2) is 81.3 Å². The van der Waals surface area contributed by atoms with Crippen LogP contribution in [0.15, 0.2) is 110 Å². The molecule has 1 fully saturated rings. The van der Waals surface area contributed by atoms with Gasteiger partial charge < -0.3 is 15.4 Å². The van der Waals surface area contributed by atoms with Gasteiger partial charge in [0.1, 0.15) is 18.0 Å². The average Bonchev–Trinajstić information content (AvgIpc) is 3.63. The van der Waals surface area contributed by atoms with Crippen molar-refractivity contribution < 1.29 is 14.3 Å². The summed E-state index contributed by atoms with van der Waals surface area (Å²) < 4.78 is 5.37. The van der Waals surface area contributed by atoms with Crippen molar-refractivity contribution >= 4 is 56.6 Å². The minimum atomic E-state index is -0.478. The quantitative estimate of drug-likeness (QED) is 0.117. The number of para-hydroxylation sites is 1. The van der Waals surface area contributed by atoms with Crippen molar-refractivity contribution in [3.8, 4) is 0 Å². The third-order valence-electron chi connectivity index (χ3n) is 8.56. The van der Waals surface area contributed by atoms with E-state index in [1.54, 1.807) is 18.5 Å². The first-order chi connectivity index (χ1) is 24.6. The third kappa shape index (κ3) is 7.83. The summed E-state index contributed by atoms with van der Waals surface area (Å²) in [6.07, 6.45) is 8.89. The monoisotopic (exact) mass is 667 g/mol. The molecule has 0 bridgehead atoms. The number of aromatic nitrogens is 5. The second-order valence-electron chi connectivity index (χ2n) is 12.0. The number of nitrogens with one attached hydrogen (secondary N) is 3. The largest absolute Gasteiger partial charge is 0.379 e. The van der Waals surface area contributed by atoms with Gasteiger partial charge >= 0.3 is 0 Å². The lowest BCUT2D eigenvalue weighted by Gasteiger charge is -2.27. The van der Waals surface area contributed by atoms with Gasteiger partial charge in [0, 0.05) is 48.2 Å². The molecule has 0 unspecified atom stereocenters. The number of hydrogen-bond donors (Lipinski definition) is 3. The van der Waals surface area contributed by atoms with Crippen molar-refractivity contribution in [2.24, 2.45) is 0 Å². The molecule has 0 saturated carbocycles. The molecular weight excluding hydrogens is 630 g/mol. The number of anilines is 4. The highest BCUT2D eigenvalue weighted by atomic mass is 16.5. The molecule has 1 aliphatic heterocycles. The third-order valence-corrected chi connectivity index (χ3v) is 8.56. The normalized spacial score (nSPS) is 13.5. The minimum absolute atomic E-state index is 0.303. The molecule has 252 valence electrons. The van der Waals surface area contributed by atoms with E-state index in [9.17, 15) is 9.59 Å². The number of carbonyl (C=O) groups excluding carboxylic acids is 2. The number of fused-ring (bicyclic) bond motifs is 2.